The predicted octanol–water partition coefficient (Wildman–Crippen LogP) is 2.98. The first kappa shape index (κ1) is 17.9. The van der Waals surface area contributed by atoms with Gasteiger partial charge in [0, 0.05) is 44.3 Å². The molecule has 0 bridgehead atoms. The van der Waals surface area contributed by atoms with E-state index in [-0.39, 0.29) is 0 Å². The van der Waals surface area contributed by atoms with Gasteiger partial charge in [-0.1, -0.05) is 26.7 Å². The summed E-state index contributed by atoms with van der Waals surface area (Å²) in [6, 6.07) is 0. The van der Waals surface area contributed by atoms with Gasteiger partial charge in [-0.25, -0.2) is 0 Å². The van der Waals surface area contributed by atoms with Gasteiger partial charge in [0.15, 0.2) is 5.96 Å². The molecule has 5 heteroatoms. The molecule has 1 saturated carbocycles. The minimum absolute atomic E-state index is 0.533. The molecule has 1 atom stereocenters. The number of thioether (sulfide) groups is 1. The van der Waals surface area contributed by atoms with E-state index in [4.69, 9.17) is 4.74 Å². The largest absolute Gasteiger partial charge is 0.378 e. The SMILES string of the molecule is CN=C(NCCCOC1CCCC1)N1CCSC(C(C)C)C1. The molecule has 0 amide bonds. The molecule has 0 spiro atoms. The second-order valence-corrected chi connectivity index (χ2v) is 8.05. The number of hydrogen-bond donors (Lipinski definition) is 1. The molecule has 22 heavy (non-hydrogen) atoms. The van der Waals surface area contributed by atoms with E-state index in [1.807, 2.05) is 7.05 Å². The van der Waals surface area contributed by atoms with E-state index in [0.29, 0.717) is 6.10 Å². The van der Waals surface area contributed by atoms with Crippen molar-refractivity contribution in [2.75, 3.05) is 39.0 Å². The summed E-state index contributed by atoms with van der Waals surface area (Å²) in [5.41, 5.74) is 0. The van der Waals surface area contributed by atoms with E-state index in [1.165, 1.54) is 31.4 Å². The second kappa shape index (κ2) is 9.66. The second-order valence-electron chi connectivity index (χ2n) is 6.70. The van der Waals surface area contributed by atoms with Crippen LogP contribution in [0, 0.1) is 5.92 Å². The van der Waals surface area contributed by atoms with Crippen LogP contribution in [0.2, 0.25) is 0 Å². The summed E-state index contributed by atoms with van der Waals surface area (Å²) in [4.78, 5) is 6.88. The minimum atomic E-state index is 0.533. The number of nitrogens with zero attached hydrogens (tertiary/aromatic N) is 2. The van der Waals surface area contributed by atoms with Crippen LogP contribution < -0.4 is 5.32 Å². The summed E-state index contributed by atoms with van der Waals surface area (Å²) in [7, 11) is 1.89. The maximum atomic E-state index is 5.92. The molecule has 1 N–H and O–H groups in total. The summed E-state index contributed by atoms with van der Waals surface area (Å²) < 4.78 is 5.92. The van der Waals surface area contributed by atoms with Crippen LogP contribution in [0.15, 0.2) is 4.99 Å². The van der Waals surface area contributed by atoms with E-state index >= 15 is 0 Å². The molecule has 2 fully saturated rings. The fourth-order valence-electron chi connectivity index (χ4n) is 3.18. The Labute approximate surface area is 140 Å². The molecular weight excluding hydrogens is 294 g/mol. The van der Waals surface area contributed by atoms with Gasteiger partial charge < -0.3 is 15.0 Å². The molecule has 0 aromatic carbocycles. The van der Waals surface area contributed by atoms with Gasteiger partial charge in [0.1, 0.15) is 0 Å². The minimum Gasteiger partial charge on any atom is -0.378 e. The Balaban J connectivity index is 1.64. The highest BCUT2D eigenvalue weighted by Crippen LogP contribution is 2.24. The number of guanidine groups is 1. The van der Waals surface area contributed by atoms with Gasteiger partial charge in [0.25, 0.3) is 0 Å². The van der Waals surface area contributed by atoms with Gasteiger partial charge in [0.05, 0.1) is 6.10 Å². The molecule has 2 aliphatic rings. The molecule has 1 unspecified atom stereocenters. The first-order valence-corrected chi connectivity index (χ1v) is 9.94. The highest BCUT2D eigenvalue weighted by molar-refractivity contribution is 8.00. The van der Waals surface area contributed by atoms with Gasteiger partial charge in [-0.3, -0.25) is 4.99 Å². The van der Waals surface area contributed by atoms with Crippen molar-refractivity contribution in [3.05, 3.63) is 0 Å². The van der Waals surface area contributed by atoms with Gasteiger partial charge in [0.2, 0.25) is 0 Å². The van der Waals surface area contributed by atoms with Crippen molar-refractivity contribution in [1.82, 2.24) is 10.2 Å². The van der Waals surface area contributed by atoms with Crippen molar-refractivity contribution in [2.24, 2.45) is 10.9 Å². The van der Waals surface area contributed by atoms with Crippen LogP contribution in [0.3, 0.4) is 0 Å². The lowest BCUT2D eigenvalue weighted by Gasteiger charge is -2.36. The Hall–Kier alpha value is -0.420. The molecule has 1 saturated heterocycles. The Kier molecular flexibility index (Phi) is 7.87. The van der Waals surface area contributed by atoms with Crippen molar-refractivity contribution in [2.45, 2.75) is 57.3 Å². The average Bonchev–Trinajstić information content (AvgIpc) is 3.04. The van der Waals surface area contributed by atoms with Crippen LogP contribution in [0.4, 0.5) is 0 Å². The molecule has 1 aliphatic carbocycles. The summed E-state index contributed by atoms with van der Waals surface area (Å²) in [6.45, 7) is 8.68. The lowest BCUT2D eigenvalue weighted by Crippen LogP contribution is -2.49. The average molecular weight is 328 g/mol. The molecule has 1 heterocycles. The molecule has 2 rings (SSSR count). The van der Waals surface area contributed by atoms with Crippen molar-refractivity contribution >= 4 is 17.7 Å². The van der Waals surface area contributed by atoms with Crippen LogP contribution in [0.5, 0.6) is 0 Å². The number of rotatable bonds is 6. The molecule has 1 aliphatic heterocycles. The predicted molar refractivity (Wildman–Crippen MR) is 96.8 cm³/mol. The van der Waals surface area contributed by atoms with Gasteiger partial charge in [-0.15, -0.1) is 0 Å². The zero-order chi connectivity index (χ0) is 15.8. The standard InChI is InChI=1S/C17H33N3OS/c1-14(2)16-13-20(10-12-22-16)17(18-3)19-9-6-11-21-15-7-4-5-8-15/h14-16H,4-13H2,1-3H3,(H,18,19). The maximum Gasteiger partial charge on any atom is 0.193 e. The normalized spacial score (nSPS) is 24.3. The smallest absolute Gasteiger partial charge is 0.193 e. The van der Waals surface area contributed by atoms with Crippen molar-refractivity contribution in [3.8, 4) is 0 Å². The maximum absolute atomic E-state index is 5.92. The zero-order valence-corrected chi connectivity index (χ0v) is 15.3. The van der Waals surface area contributed by atoms with Gasteiger partial charge in [-0.05, 0) is 25.2 Å². The monoisotopic (exact) mass is 327 g/mol. The van der Waals surface area contributed by atoms with Crippen molar-refractivity contribution in [1.29, 1.82) is 0 Å². The van der Waals surface area contributed by atoms with Gasteiger partial charge in [-0.2, -0.15) is 11.8 Å². The fourth-order valence-corrected chi connectivity index (χ4v) is 4.48. The van der Waals surface area contributed by atoms with E-state index in [0.717, 1.165) is 49.8 Å². The van der Waals surface area contributed by atoms with Gasteiger partial charge >= 0.3 is 0 Å². The highest BCUT2D eigenvalue weighted by atomic mass is 32.2. The number of hydrogen-bond acceptors (Lipinski definition) is 3. The zero-order valence-electron chi connectivity index (χ0n) is 14.5. The Morgan fingerprint density at radius 2 is 2.14 bits per heavy atom. The first-order chi connectivity index (χ1) is 10.7. The molecule has 0 radical (unpaired) electrons. The molecule has 128 valence electrons. The Morgan fingerprint density at radius 3 is 2.82 bits per heavy atom. The van der Waals surface area contributed by atoms with E-state index in [1.54, 1.807) is 0 Å². The lowest BCUT2D eigenvalue weighted by atomic mass is 10.1. The number of aliphatic imine (C=N–C) groups is 1. The summed E-state index contributed by atoms with van der Waals surface area (Å²) in [5, 5.41) is 4.23. The van der Waals surface area contributed by atoms with Crippen LogP contribution in [-0.4, -0.2) is 61.3 Å². The van der Waals surface area contributed by atoms with E-state index in [9.17, 15) is 0 Å². The summed E-state index contributed by atoms with van der Waals surface area (Å²) in [6.07, 6.45) is 6.81. The van der Waals surface area contributed by atoms with E-state index < -0.39 is 0 Å². The quantitative estimate of drug-likeness (QED) is 0.462. The fraction of sp³-hybridized carbons (Fsp3) is 0.941. The highest BCUT2D eigenvalue weighted by Gasteiger charge is 2.24. The topological polar surface area (TPSA) is 36.9 Å². The number of nitrogens with one attached hydrogen (secondary N) is 1. The lowest BCUT2D eigenvalue weighted by molar-refractivity contribution is 0.0573. The summed E-state index contributed by atoms with van der Waals surface area (Å²) >= 11 is 2.10. The van der Waals surface area contributed by atoms with E-state index in [2.05, 4.69) is 40.8 Å². The van der Waals surface area contributed by atoms with Crippen LogP contribution in [-0.2, 0) is 4.74 Å². The third-order valence-corrected chi connectivity index (χ3v) is 6.15. The Morgan fingerprint density at radius 1 is 1.36 bits per heavy atom. The molecule has 0 aromatic rings. The third-order valence-electron chi connectivity index (χ3n) is 4.61. The van der Waals surface area contributed by atoms with Crippen LogP contribution in [0.25, 0.3) is 0 Å². The molecule has 4 nitrogen and oxygen atoms in total. The van der Waals surface area contributed by atoms with Crippen LogP contribution in [0.1, 0.15) is 46.0 Å². The molecule has 0 aromatic heterocycles. The number of ether oxygens (including phenoxy) is 1. The van der Waals surface area contributed by atoms with Crippen molar-refractivity contribution in [3.63, 3.8) is 0 Å². The summed E-state index contributed by atoms with van der Waals surface area (Å²) in [5.74, 6) is 2.99. The third kappa shape index (κ3) is 5.65. The van der Waals surface area contributed by atoms with Crippen molar-refractivity contribution < 1.29 is 4.74 Å². The first-order valence-electron chi connectivity index (χ1n) is 8.89. The Bertz CT molecular complexity index is 343. The molecular formula is C17H33N3OS. The van der Waals surface area contributed by atoms with Crippen LogP contribution >= 0.6 is 11.8 Å².